The molecule has 3 aromatic rings. The van der Waals surface area contributed by atoms with Crippen LogP contribution in [0.3, 0.4) is 0 Å². The maximum absolute atomic E-state index is 13.0. The lowest BCUT2D eigenvalue weighted by molar-refractivity contribution is -0.131. The predicted octanol–water partition coefficient (Wildman–Crippen LogP) is 0.762. The average molecular weight is 477 g/mol. The summed E-state index contributed by atoms with van der Waals surface area (Å²) in [5.74, 6) is -0.418. The minimum Gasteiger partial charge on any atom is -0.492 e. The SMILES string of the molecule is C[C@H]1NC(=O)Cc2ccc(cc2)OCCn2cc(nn2)CNC(=O)[C@H](Cc2ccccc2)NC1=O. The molecule has 0 spiro atoms. The van der Waals surface area contributed by atoms with E-state index < -0.39 is 18.0 Å². The summed E-state index contributed by atoms with van der Waals surface area (Å²) >= 11 is 0. The Bertz CT molecular complexity index is 1160. The highest BCUT2D eigenvalue weighted by molar-refractivity contribution is 5.92. The summed E-state index contributed by atoms with van der Waals surface area (Å²) in [4.78, 5) is 38.4. The van der Waals surface area contributed by atoms with Crippen molar-refractivity contribution in [3.63, 3.8) is 0 Å². The van der Waals surface area contributed by atoms with E-state index in [0.717, 1.165) is 11.1 Å². The zero-order valence-electron chi connectivity index (χ0n) is 19.4. The highest BCUT2D eigenvalue weighted by Gasteiger charge is 2.25. The number of hydrogen-bond donors (Lipinski definition) is 3. The average Bonchev–Trinajstić information content (AvgIpc) is 3.31. The Balaban J connectivity index is 1.53. The minimum atomic E-state index is -0.828. The monoisotopic (exact) mass is 476 g/mol. The molecule has 4 bridgehead atoms. The molecule has 10 heteroatoms. The van der Waals surface area contributed by atoms with Crippen LogP contribution in [0.2, 0.25) is 0 Å². The lowest BCUT2D eigenvalue weighted by Gasteiger charge is -2.21. The van der Waals surface area contributed by atoms with Crippen molar-refractivity contribution >= 4 is 17.7 Å². The zero-order valence-corrected chi connectivity index (χ0v) is 19.4. The second-order valence-electron chi connectivity index (χ2n) is 8.40. The van der Waals surface area contributed by atoms with E-state index in [9.17, 15) is 14.4 Å². The highest BCUT2D eigenvalue weighted by atomic mass is 16.5. The van der Waals surface area contributed by atoms with Gasteiger partial charge in [0.15, 0.2) is 0 Å². The maximum Gasteiger partial charge on any atom is 0.243 e. The fourth-order valence-electron chi connectivity index (χ4n) is 3.69. The maximum atomic E-state index is 13.0. The van der Waals surface area contributed by atoms with Crippen LogP contribution >= 0.6 is 0 Å². The molecule has 0 unspecified atom stereocenters. The van der Waals surface area contributed by atoms with Crippen LogP contribution in [-0.2, 0) is 40.3 Å². The third-order valence-corrected chi connectivity index (χ3v) is 5.59. The fourth-order valence-corrected chi connectivity index (χ4v) is 3.69. The van der Waals surface area contributed by atoms with Gasteiger partial charge in [0, 0.05) is 6.42 Å². The fraction of sp³-hybridized carbons (Fsp3) is 0.320. The van der Waals surface area contributed by atoms with E-state index in [4.69, 9.17) is 4.74 Å². The minimum absolute atomic E-state index is 0.119. The van der Waals surface area contributed by atoms with Crippen LogP contribution in [-0.4, -0.2) is 51.4 Å². The Morgan fingerprint density at radius 2 is 1.77 bits per heavy atom. The Labute approximate surface area is 203 Å². The molecule has 10 nitrogen and oxygen atoms in total. The number of ether oxygens (including phenoxy) is 1. The van der Waals surface area contributed by atoms with Crippen molar-refractivity contribution < 1.29 is 19.1 Å². The Morgan fingerprint density at radius 3 is 2.54 bits per heavy atom. The van der Waals surface area contributed by atoms with Crippen LogP contribution in [0, 0.1) is 0 Å². The summed E-state index contributed by atoms with van der Waals surface area (Å²) in [6.45, 7) is 2.62. The van der Waals surface area contributed by atoms with E-state index in [1.165, 1.54) is 0 Å². The number of hydrogen-bond acceptors (Lipinski definition) is 6. The number of amides is 3. The zero-order chi connectivity index (χ0) is 24.6. The molecular weight excluding hydrogens is 448 g/mol. The normalized spacial score (nSPS) is 19.7. The van der Waals surface area contributed by atoms with E-state index in [-0.39, 0.29) is 24.8 Å². The molecule has 1 aromatic heterocycles. The molecule has 2 atom stereocenters. The van der Waals surface area contributed by atoms with Crippen molar-refractivity contribution in [3.05, 3.63) is 77.6 Å². The van der Waals surface area contributed by atoms with Gasteiger partial charge in [-0.05, 0) is 30.2 Å². The summed E-state index contributed by atoms with van der Waals surface area (Å²) in [5, 5.41) is 16.5. The molecule has 2 aromatic carbocycles. The van der Waals surface area contributed by atoms with Crippen LogP contribution in [0.1, 0.15) is 23.7 Å². The number of fused-ring (bicyclic) bond motifs is 13. The molecule has 2 aliphatic rings. The number of aromatic nitrogens is 3. The van der Waals surface area contributed by atoms with E-state index in [1.807, 2.05) is 42.5 Å². The molecule has 3 N–H and O–H groups in total. The van der Waals surface area contributed by atoms with Gasteiger partial charge in [0.05, 0.1) is 25.7 Å². The Hall–Kier alpha value is -4.21. The smallest absolute Gasteiger partial charge is 0.243 e. The first kappa shape index (κ1) is 23.9. The first-order valence-corrected chi connectivity index (χ1v) is 11.5. The van der Waals surface area contributed by atoms with Gasteiger partial charge < -0.3 is 20.7 Å². The van der Waals surface area contributed by atoms with Gasteiger partial charge in [-0.25, -0.2) is 4.68 Å². The lowest BCUT2D eigenvalue weighted by atomic mass is 10.0. The van der Waals surface area contributed by atoms with Crippen LogP contribution in [0.4, 0.5) is 0 Å². The summed E-state index contributed by atoms with van der Waals surface area (Å²) in [5.41, 5.74) is 2.27. The van der Waals surface area contributed by atoms with E-state index in [0.29, 0.717) is 31.0 Å². The van der Waals surface area contributed by atoms with Gasteiger partial charge in [0.1, 0.15) is 30.1 Å². The van der Waals surface area contributed by atoms with E-state index in [2.05, 4.69) is 26.3 Å². The molecule has 5 rings (SSSR count). The summed E-state index contributed by atoms with van der Waals surface area (Å²) in [6.07, 6.45) is 2.16. The summed E-state index contributed by atoms with van der Waals surface area (Å²) < 4.78 is 7.38. The molecule has 0 saturated heterocycles. The molecule has 0 aliphatic carbocycles. The molecule has 35 heavy (non-hydrogen) atoms. The van der Waals surface area contributed by atoms with Crippen molar-refractivity contribution in [2.45, 2.75) is 44.9 Å². The van der Waals surface area contributed by atoms with Crippen LogP contribution in [0.15, 0.2) is 60.8 Å². The topological polar surface area (TPSA) is 127 Å². The molecular formula is C25H28N6O4. The first-order chi connectivity index (χ1) is 17.0. The van der Waals surface area contributed by atoms with Gasteiger partial charge in [0.2, 0.25) is 17.7 Å². The number of carbonyl (C=O) groups excluding carboxylic acids is 3. The van der Waals surface area contributed by atoms with Gasteiger partial charge in [-0.15, -0.1) is 5.10 Å². The Morgan fingerprint density at radius 1 is 1.00 bits per heavy atom. The third-order valence-electron chi connectivity index (χ3n) is 5.59. The Kier molecular flexibility index (Phi) is 7.71. The van der Waals surface area contributed by atoms with Crippen LogP contribution in [0.5, 0.6) is 5.75 Å². The molecule has 3 amide bonds. The second kappa shape index (κ2) is 11.3. The largest absolute Gasteiger partial charge is 0.492 e. The van der Waals surface area contributed by atoms with Gasteiger partial charge in [-0.1, -0.05) is 47.7 Å². The highest BCUT2D eigenvalue weighted by Crippen LogP contribution is 2.13. The van der Waals surface area contributed by atoms with Crippen molar-refractivity contribution in [2.75, 3.05) is 6.61 Å². The van der Waals surface area contributed by atoms with Gasteiger partial charge in [-0.2, -0.15) is 0 Å². The van der Waals surface area contributed by atoms with E-state index in [1.54, 1.807) is 29.9 Å². The predicted molar refractivity (Wildman–Crippen MR) is 127 cm³/mol. The standard InChI is InChI=1S/C25H28N6O4/c1-17-24(33)28-22(13-18-5-3-2-4-6-18)25(34)26-15-20-16-31(30-29-20)11-12-35-21-9-7-19(8-10-21)14-23(32)27-17/h2-10,16-17,22H,11-15H2,1H3,(H,26,34)(H,27,32)(H,28,33)/t17-,22+/m1/s1. The van der Waals surface area contributed by atoms with Crippen molar-refractivity contribution in [1.29, 1.82) is 0 Å². The van der Waals surface area contributed by atoms with Crippen LogP contribution < -0.4 is 20.7 Å². The van der Waals surface area contributed by atoms with Crippen molar-refractivity contribution in [1.82, 2.24) is 30.9 Å². The summed E-state index contributed by atoms with van der Waals surface area (Å²) in [6, 6.07) is 15.0. The third kappa shape index (κ3) is 6.89. The van der Waals surface area contributed by atoms with Gasteiger partial charge >= 0.3 is 0 Å². The summed E-state index contributed by atoms with van der Waals surface area (Å²) in [7, 11) is 0. The molecule has 0 fully saturated rings. The molecule has 3 heterocycles. The van der Waals surface area contributed by atoms with Crippen molar-refractivity contribution in [3.8, 4) is 5.75 Å². The number of nitrogens with one attached hydrogen (secondary N) is 3. The number of carbonyl (C=O) groups is 3. The number of nitrogens with zero attached hydrogens (tertiary/aromatic N) is 3. The number of benzene rings is 2. The van der Waals surface area contributed by atoms with E-state index >= 15 is 0 Å². The molecule has 0 saturated carbocycles. The molecule has 2 aliphatic heterocycles. The molecule has 0 radical (unpaired) electrons. The second-order valence-corrected chi connectivity index (χ2v) is 8.40. The van der Waals surface area contributed by atoms with Crippen molar-refractivity contribution in [2.24, 2.45) is 0 Å². The van der Waals surface area contributed by atoms with Gasteiger partial charge in [-0.3, -0.25) is 14.4 Å². The number of rotatable bonds is 2. The first-order valence-electron chi connectivity index (χ1n) is 11.5. The lowest BCUT2D eigenvalue weighted by Crippen LogP contribution is -2.53. The van der Waals surface area contributed by atoms with Gasteiger partial charge in [0.25, 0.3) is 0 Å². The quantitative estimate of drug-likeness (QED) is 0.469. The molecule has 182 valence electrons. The van der Waals surface area contributed by atoms with Crippen LogP contribution in [0.25, 0.3) is 0 Å².